The molecular formula is C7H8Cl2N2O6. The Kier molecular flexibility index (Phi) is 6.59. The van der Waals surface area contributed by atoms with Gasteiger partial charge in [-0.3, -0.25) is 29.8 Å². The molecule has 0 spiro atoms. The molecule has 96 valence electrons. The van der Waals surface area contributed by atoms with Gasteiger partial charge in [0, 0.05) is 22.7 Å². The van der Waals surface area contributed by atoms with Gasteiger partial charge in [0.25, 0.3) is 6.04 Å². The lowest BCUT2D eigenvalue weighted by Gasteiger charge is -2.10. The number of rotatable bonds is 8. The van der Waals surface area contributed by atoms with Crippen molar-refractivity contribution in [1.82, 2.24) is 0 Å². The van der Waals surface area contributed by atoms with Crippen LogP contribution in [-0.2, 0) is 9.59 Å². The second-order valence-corrected chi connectivity index (χ2v) is 3.93. The van der Waals surface area contributed by atoms with Gasteiger partial charge in [-0.1, -0.05) is 0 Å². The first-order valence-electron chi connectivity index (χ1n) is 4.42. The van der Waals surface area contributed by atoms with Crippen LogP contribution < -0.4 is 0 Å². The highest BCUT2D eigenvalue weighted by Gasteiger charge is 2.45. The van der Waals surface area contributed by atoms with E-state index in [2.05, 4.69) is 0 Å². The van der Waals surface area contributed by atoms with Gasteiger partial charge in [-0.25, -0.2) is 0 Å². The summed E-state index contributed by atoms with van der Waals surface area (Å²) in [6.45, 7) is 0. The topological polar surface area (TPSA) is 120 Å². The molecule has 17 heavy (non-hydrogen) atoms. The van der Waals surface area contributed by atoms with Crippen molar-refractivity contribution in [2.75, 3.05) is 0 Å². The Hall–Kier alpha value is -1.28. The number of carbonyl (C=O) groups is 2. The molecule has 0 aromatic rings. The maximum atomic E-state index is 10.8. The molecule has 0 aliphatic carbocycles. The SMILES string of the molecule is O=C(Cl)CCCC(C(C(=O)Cl)[N+](=O)[O-])[N+](=O)[O-]. The van der Waals surface area contributed by atoms with Gasteiger partial charge in [0.15, 0.2) is 0 Å². The van der Waals surface area contributed by atoms with Crippen LogP contribution in [0.1, 0.15) is 19.3 Å². The van der Waals surface area contributed by atoms with Crippen molar-refractivity contribution in [1.29, 1.82) is 0 Å². The summed E-state index contributed by atoms with van der Waals surface area (Å²) in [7, 11) is 0. The van der Waals surface area contributed by atoms with E-state index >= 15 is 0 Å². The van der Waals surface area contributed by atoms with Gasteiger partial charge in [0.05, 0.1) is 0 Å². The molecule has 0 fully saturated rings. The highest BCUT2D eigenvalue weighted by atomic mass is 35.5. The average Bonchev–Trinajstić information content (AvgIpc) is 2.13. The van der Waals surface area contributed by atoms with E-state index in [0.717, 1.165) is 0 Å². The van der Waals surface area contributed by atoms with Crippen molar-refractivity contribution < 1.29 is 19.4 Å². The fourth-order valence-electron chi connectivity index (χ4n) is 1.20. The van der Waals surface area contributed by atoms with Crippen molar-refractivity contribution in [3.8, 4) is 0 Å². The number of carbonyl (C=O) groups excluding carboxylic acids is 2. The smallest absolute Gasteiger partial charge is 0.281 e. The first-order chi connectivity index (χ1) is 7.77. The fraction of sp³-hybridized carbons (Fsp3) is 0.714. The van der Waals surface area contributed by atoms with Crippen molar-refractivity contribution in [3.05, 3.63) is 20.2 Å². The standard InChI is InChI=1S/C7H8Cl2N2O6/c8-5(12)3-1-2-4(10(14)15)6(7(9)13)11(16)17/h4,6H,1-3H2. The molecule has 0 heterocycles. The molecule has 0 amide bonds. The summed E-state index contributed by atoms with van der Waals surface area (Å²) < 4.78 is 0. The van der Waals surface area contributed by atoms with E-state index < -0.39 is 32.4 Å². The third-order valence-electron chi connectivity index (χ3n) is 1.97. The first-order valence-corrected chi connectivity index (χ1v) is 5.17. The number of hydrogen-bond donors (Lipinski definition) is 0. The third-order valence-corrected chi connectivity index (χ3v) is 2.38. The van der Waals surface area contributed by atoms with E-state index in [1.807, 2.05) is 0 Å². The van der Waals surface area contributed by atoms with E-state index in [4.69, 9.17) is 23.2 Å². The van der Waals surface area contributed by atoms with Gasteiger partial charge in [-0.15, -0.1) is 0 Å². The number of halogens is 2. The Morgan fingerprint density at radius 3 is 1.94 bits per heavy atom. The van der Waals surface area contributed by atoms with Crippen LogP contribution in [0.4, 0.5) is 0 Å². The molecule has 0 aromatic carbocycles. The molecule has 0 saturated heterocycles. The monoisotopic (exact) mass is 286 g/mol. The van der Waals surface area contributed by atoms with Crippen LogP contribution in [0.3, 0.4) is 0 Å². The molecule has 0 bridgehead atoms. The van der Waals surface area contributed by atoms with Crippen LogP contribution in [0.2, 0.25) is 0 Å². The van der Waals surface area contributed by atoms with Gasteiger partial charge in [0.1, 0.15) is 0 Å². The Morgan fingerprint density at radius 1 is 1.12 bits per heavy atom. The molecule has 2 atom stereocenters. The molecule has 8 nitrogen and oxygen atoms in total. The predicted octanol–water partition coefficient (Wildman–Crippen LogP) is 0.978. The predicted molar refractivity (Wildman–Crippen MR) is 57.1 cm³/mol. The highest BCUT2D eigenvalue weighted by molar-refractivity contribution is 6.64. The zero-order valence-corrected chi connectivity index (χ0v) is 9.89. The lowest BCUT2D eigenvalue weighted by Crippen LogP contribution is -2.43. The minimum Gasteiger partial charge on any atom is -0.281 e. The molecular weight excluding hydrogens is 279 g/mol. The van der Waals surface area contributed by atoms with Gasteiger partial charge >= 0.3 is 11.3 Å². The summed E-state index contributed by atoms with van der Waals surface area (Å²) in [5.41, 5.74) is 0. The molecule has 0 rings (SSSR count). The second-order valence-electron chi connectivity index (χ2n) is 3.13. The maximum Gasteiger partial charge on any atom is 0.350 e. The van der Waals surface area contributed by atoms with E-state index in [0.29, 0.717) is 0 Å². The van der Waals surface area contributed by atoms with Crippen LogP contribution in [0, 0.1) is 20.2 Å². The molecule has 0 aromatic heterocycles. The zero-order valence-electron chi connectivity index (χ0n) is 8.38. The first kappa shape index (κ1) is 15.7. The summed E-state index contributed by atoms with van der Waals surface area (Å²) in [4.78, 5) is 40.2. The van der Waals surface area contributed by atoms with Crippen LogP contribution in [0.25, 0.3) is 0 Å². The minimum atomic E-state index is -2.11. The van der Waals surface area contributed by atoms with Crippen molar-refractivity contribution >= 4 is 33.7 Å². The Labute approximate surface area is 105 Å². The molecule has 0 saturated carbocycles. The van der Waals surface area contributed by atoms with E-state index in [1.165, 1.54) is 0 Å². The number of nitrogens with zero attached hydrogens (tertiary/aromatic N) is 2. The minimum absolute atomic E-state index is 0.0253. The number of hydrogen-bond acceptors (Lipinski definition) is 6. The van der Waals surface area contributed by atoms with Crippen LogP contribution in [0.5, 0.6) is 0 Å². The average molecular weight is 287 g/mol. The molecule has 10 heteroatoms. The summed E-state index contributed by atoms with van der Waals surface area (Å²) >= 11 is 9.95. The highest BCUT2D eigenvalue weighted by Crippen LogP contribution is 2.14. The van der Waals surface area contributed by atoms with Crippen molar-refractivity contribution in [2.24, 2.45) is 0 Å². The molecule has 0 N–H and O–H groups in total. The second kappa shape index (κ2) is 7.13. The zero-order chi connectivity index (χ0) is 13.6. The normalized spacial score (nSPS) is 13.8. The lowest BCUT2D eigenvalue weighted by molar-refractivity contribution is -0.606. The van der Waals surface area contributed by atoms with E-state index in [1.54, 1.807) is 0 Å². The van der Waals surface area contributed by atoms with Crippen molar-refractivity contribution in [2.45, 2.75) is 31.3 Å². The Balaban J connectivity index is 4.70. The summed E-state index contributed by atoms with van der Waals surface area (Å²) in [6, 6.07) is -3.87. The summed E-state index contributed by atoms with van der Waals surface area (Å²) in [5.74, 6) is 0. The Morgan fingerprint density at radius 2 is 1.65 bits per heavy atom. The van der Waals surface area contributed by atoms with Gasteiger partial charge < -0.3 is 0 Å². The third kappa shape index (κ3) is 5.55. The summed E-state index contributed by atoms with van der Waals surface area (Å²) in [6.07, 6.45) is -0.509. The fourth-order valence-corrected chi connectivity index (χ4v) is 1.56. The molecule has 0 radical (unpaired) electrons. The Bertz CT molecular complexity index is 333. The molecule has 0 aliphatic rings. The van der Waals surface area contributed by atoms with Crippen LogP contribution >= 0.6 is 23.2 Å². The van der Waals surface area contributed by atoms with Gasteiger partial charge in [0.2, 0.25) is 5.24 Å². The van der Waals surface area contributed by atoms with Crippen LogP contribution in [-0.4, -0.2) is 32.4 Å². The maximum absolute atomic E-state index is 10.8. The van der Waals surface area contributed by atoms with Crippen LogP contribution in [0.15, 0.2) is 0 Å². The quantitative estimate of drug-likeness (QED) is 0.372. The lowest BCUT2D eigenvalue weighted by atomic mass is 10.0. The largest absolute Gasteiger partial charge is 0.350 e. The molecule has 0 aliphatic heterocycles. The van der Waals surface area contributed by atoms with Gasteiger partial charge in [-0.05, 0) is 29.6 Å². The van der Waals surface area contributed by atoms with Crippen molar-refractivity contribution in [3.63, 3.8) is 0 Å². The number of nitro groups is 2. The van der Waals surface area contributed by atoms with E-state index in [-0.39, 0.29) is 19.3 Å². The van der Waals surface area contributed by atoms with Gasteiger partial charge in [-0.2, -0.15) is 0 Å². The molecule has 2 unspecified atom stereocenters. The summed E-state index contributed by atoms with van der Waals surface area (Å²) in [5, 5.41) is 19.0. The van der Waals surface area contributed by atoms with E-state index in [9.17, 15) is 29.8 Å².